The molecule has 0 aromatic carbocycles. The molecule has 2 rings (SSSR count). The first kappa shape index (κ1) is 12.8. The molecule has 0 amide bonds. The number of carboxylic acids is 1. The van der Waals surface area contributed by atoms with Gasteiger partial charge in [0.15, 0.2) is 5.78 Å². The van der Waals surface area contributed by atoms with Crippen LogP contribution in [-0.2, 0) is 19.4 Å². The molecular weight excluding hydrogens is 236 g/mol. The molecule has 0 aromatic rings. The molecule has 1 fully saturated rings. The Morgan fingerprint density at radius 1 is 1.56 bits per heavy atom. The van der Waals surface area contributed by atoms with Crippen LogP contribution in [-0.4, -0.2) is 23.0 Å². The summed E-state index contributed by atoms with van der Waals surface area (Å²) in [7, 11) is 0. The molecule has 0 heterocycles. The lowest BCUT2D eigenvalue weighted by atomic mass is 9.83. The van der Waals surface area contributed by atoms with Gasteiger partial charge >= 0.3 is 5.97 Å². The molecule has 5 heteroatoms. The second kappa shape index (κ2) is 4.94. The zero-order chi connectivity index (χ0) is 13.3. The van der Waals surface area contributed by atoms with E-state index in [0.717, 1.165) is 0 Å². The second-order valence-corrected chi connectivity index (χ2v) is 4.78. The Balaban J connectivity index is 2.31. The van der Waals surface area contributed by atoms with Gasteiger partial charge in [-0.2, -0.15) is 4.89 Å². The third-order valence-corrected chi connectivity index (χ3v) is 3.68. The molecule has 1 saturated carbocycles. The highest BCUT2D eigenvalue weighted by Crippen LogP contribution is 2.45. The highest BCUT2D eigenvalue weighted by molar-refractivity contribution is 6.17. The van der Waals surface area contributed by atoms with Crippen LogP contribution in [0.2, 0.25) is 0 Å². The van der Waals surface area contributed by atoms with Crippen LogP contribution in [0.3, 0.4) is 0 Å². The molecule has 0 bridgehead atoms. The predicted octanol–water partition coefficient (Wildman–Crippen LogP) is 1.85. The van der Waals surface area contributed by atoms with E-state index in [9.17, 15) is 9.59 Å². The highest BCUT2D eigenvalue weighted by atomic mass is 17.2. The summed E-state index contributed by atoms with van der Waals surface area (Å²) in [5.74, 6) is -1.31. The predicted molar refractivity (Wildman–Crippen MR) is 62.3 cm³/mol. The molecule has 1 N–H and O–H groups in total. The van der Waals surface area contributed by atoms with Crippen molar-refractivity contribution in [2.45, 2.75) is 32.3 Å². The van der Waals surface area contributed by atoms with Crippen LogP contribution in [0.15, 0.2) is 24.0 Å². The molecule has 3 unspecified atom stereocenters. The summed E-state index contributed by atoms with van der Waals surface area (Å²) in [4.78, 5) is 32.9. The molecule has 3 atom stereocenters. The summed E-state index contributed by atoms with van der Waals surface area (Å²) in [6, 6.07) is 0. The lowest BCUT2D eigenvalue weighted by Crippen LogP contribution is -2.29. The first-order valence-corrected chi connectivity index (χ1v) is 5.98. The van der Waals surface area contributed by atoms with E-state index >= 15 is 0 Å². The van der Waals surface area contributed by atoms with Crippen molar-refractivity contribution in [3.63, 3.8) is 0 Å². The largest absolute Gasteiger partial charge is 0.478 e. The fourth-order valence-corrected chi connectivity index (χ4v) is 2.95. The van der Waals surface area contributed by atoms with E-state index in [0.29, 0.717) is 18.4 Å². The van der Waals surface area contributed by atoms with E-state index in [1.54, 1.807) is 0 Å². The van der Waals surface area contributed by atoms with E-state index in [4.69, 9.17) is 14.9 Å². The number of ketones is 1. The van der Waals surface area contributed by atoms with Crippen LogP contribution in [0, 0.1) is 11.8 Å². The zero-order valence-corrected chi connectivity index (χ0v) is 10.2. The number of hydrogen-bond donors (Lipinski definition) is 1. The maximum atomic E-state index is 11.7. The molecule has 98 valence electrons. The first-order chi connectivity index (χ1) is 8.56. The van der Waals surface area contributed by atoms with Gasteiger partial charge in [-0.05, 0) is 24.3 Å². The van der Waals surface area contributed by atoms with Crippen LogP contribution in [0.4, 0.5) is 0 Å². The number of carbonyl (C=O) groups excluding carboxylic acids is 1. The van der Waals surface area contributed by atoms with Crippen molar-refractivity contribution in [2.24, 2.45) is 11.8 Å². The number of rotatable bonds is 4. The molecule has 0 radical (unpaired) electrons. The van der Waals surface area contributed by atoms with Gasteiger partial charge in [0, 0.05) is 12.3 Å². The lowest BCUT2D eigenvalue weighted by molar-refractivity contribution is -0.297. The standard InChI is InChI=1S/C13H16O5/c1-3-17-18-12-7(2)6-9-8(12)4-5-10(14)11(9)13(15)16/h3,7-8,12H,1,4-6H2,2H3,(H,15,16). The molecular formula is C13H16O5. The Morgan fingerprint density at radius 2 is 2.28 bits per heavy atom. The number of carbonyl (C=O) groups is 2. The minimum atomic E-state index is -1.13. The lowest BCUT2D eigenvalue weighted by Gasteiger charge is -2.24. The summed E-state index contributed by atoms with van der Waals surface area (Å²) in [6.07, 6.45) is 2.45. The summed E-state index contributed by atoms with van der Waals surface area (Å²) >= 11 is 0. The quantitative estimate of drug-likeness (QED) is 0.358. The van der Waals surface area contributed by atoms with Crippen LogP contribution in [0.25, 0.3) is 0 Å². The van der Waals surface area contributed by atoms with Crippen molar-refractivity contribution in [1.29, 1.82) is 0 Å². The fraction of sp³-hybridized carbons (Fsp3) is 0.538. The van der Waals surface area contributed by atoms with Crippen molar-refractivity contribution in [3.05, 3.63) is 24.0 Å². The Hall–Kier alpha value is -1.62. The average Bonchev–Trinajstić information content (AvgIpc) is 2.61. The SMILES string of the molecule is C=COOC1C(C)CC2=C(C(=O)O)C(=O)CCC21. The Kier molecular flexibility index (Phi) is 3.52. The smallest absolute Gasteiger partial charge is 0.339 e. The normalized spacial score (nSPS) is 31.2. The molecule has 0 aliphatic heterocycles. The summed E-state index contributed by atoms with van der Waals surface area (Å²) < 4.78 is 0. The Morgan fingerprint density at radius 3 is 2.89 bits per heavy atom. The Labute approximate surface area is 105 Å². The van der Waals surface area contributed by atoms with E-state index in [2.05, 4.69) is 6.58 Å². The fourth-order valence-electron chi connectivity index (χ4n) is 2.95. The molecule has 0 saturated heterocycles. The number of Topliss-reactive ketones (excluding diaryl/α,β-unsaturated/α-hetero) is 1. The molecule has 0 spiro atoms. The van der Waals surface area contributed by atoms with Gasteiger partial charge in [-0.3, -0.25) is 4.79 Å². The minimum Gasteiger partial charge on any atom is -0.478 e. The van der Waals surface area contributed by atoms with Crippen molar-refractivity contribution < 1.29 is 24.5 Å². The molecule has 2 aliphatic rings. The van der Waals surface area contributed by atoms with Crippen LogP contribution in [0.1, 0.15) is 26.2 Å². The van der Waals surface area contributed by atoms with Crippen LogP contribution < -0.4 is 0 Å². The summed E-state index contributed by atoms with van der Waals surface area (Å²) in [5.41, 5.74) is 0.673. The van der Waals surface area contributed by atoms with Crippen molar-refractivity contribution in [3.8, 4) is 0 Å². The third kappa shape index (κ3) is 2.06. The number of fused-ring (bicyclic) bond motifs is 1. The molecule has 18 heavy (non-hydrogen) atoms. The zero-order valence-electron chi connectivity index (χ0n) is 10.2. The van der Waals surface area contributed by atoms with Gasteiger partial charge < -0.3 is 9.99 Å². The molecule has 2 aliphatic carbocycles. The van der Waals surface area contributed by atoms with Crippen LogP contribution >= 0.6 is 0 Å². The van der Waals surface area contributed by atoms with Crippen molar-refractivity contribution >= 4 is 11.8 Å². The van der Waals surface area contributed by atoms with Gasteiger partial charge in [0.1, 0.15) is 17.9 Å². The van der Waals surface area contributed by atoms with E-state index in [1.165, 1.54) is 6.26 Å². The monoisotopic (exact) mass is 252 g/mol. The van der Waals surface area contributed by atoms with Crippen molar-refractivity contribution in [2.75, 3.05) is 0 Å². The summed E-state index contributed by atoms with van der Waals surface area (Å²) in [5, 5.41) is 9.14. The van der Waals surface area contributed by atoms with Gasteiger partial charge in [0.2, 0.25) is 0 Å². The van der Waals surface area contributed by atoms with Gasteiger partial charge in [0.25, 0.3) is 0 Å². The topological polar surface area (TPSA) is 72.8 Å². The second-order valence-electron chi connectivity index (χ2n) is 4.78. The van der Waals surface area contributed by atoms with Gasteiger partial charge in [-0.25, -0.2) is 4.79 Å². The number of hydrogen-bond acceptors (Lipinski definition) is 4. The van der Waals surface area contributed by atoms with Gasteiger partial charge in [-0.1, -0.05) is 13.5 Å². The third-order valence-electron chi connectivity index (χ3n) is 3.68. The van der Waals surface area contributed by atoms with Crippen molar-refractivity contribution in [1.82, 2.24) is 0 Å². The van der Waals surface area contributed by atoms with Gasteiger partial charge in [0.05, 0.1) is 0 Å². The summed E-state index contributed by atoms with van der Waals surface area (Å²) in [6.45, 7) is 5.36. The number of carboxylic acid groups (broad SMARTS) is 1. The van der Waals surface area contributed by atoms with E-state index in [1.807, 2.05) is 6.92 Å². The number of aliphatic carboxylic acids is 1. The molecule has 0 aromatic heterocycles. The highest BCUT2D eigenvalue weighted by Gasteiger charge is 2.45. The van der Waals surface area contributed by atoms with E-state index in [-0.39, 0.29) is 35.7 Å². The average molecular weight is 252 g/mol. The Bertz CT molecular complexity index is 423. The maximum absolute atomic E-state index is 11.7. The van der Waals surface area contributed by atoms with Crippen LogP contribution in [0.5, 0.6) is 0 Å². The maximum Gasteiger partial charge on any atom is 0.339 e. The minimum absolute atomic E-state index is 0.0382. The first-order valence-electron chi connectivity index (χ1n) is 5.98. The molecule has 5 nitrogen and oxygen atoms in total. The van der Waals surface area contributed by atoms with Gasteiger partial charge in [-0.15, -0.1) is 0 Å². The van der Waals surface area contributed by atoms with E-state index < -0.39 is 5.97 Å².